The number of aromatic nitrogens is 1. The van der Waals surface area contributed by atoms with E-state index in [1.165, 1.54) is 6.20 Å². The summed E-state index contributed by atoms with van der Waals surface area (Å²) in [5.41, 5.74) is -0.346. The van der Waals surface area contributed by atoms with Gasteiger partial charge in [-0.3, -0.25) is 10.1 Å². The number of nitrogens with one attached hydrogen (secondary N) is 1. The number of nitro groups is 1. The van der Waals surface area contributed by atoms with E-state index in [1.54, 1.807) is 6.07 Å². The Hall–Kier alpha value is -2.69. The Morgan fingerprint density at radius 1 is 1.68 bits per heavy atom. The number of carbonyl (C=O) groups is 1. The minimum absolute atomic E-state index is 0.0328. The second-order valence-electron chi connectivity index (χ2n) is 4.26. The van der Waals surface area contributed by atoms with Crippen molar-refractivity contribution in [1.29, 1.82) is 5.26 Å². The van der Waals surface area contributed by atoms with Crippen LogP contribution >= 0.6 is 0 Å². The molecule has 2 N–H and O–H groups in total. The van der Waals surface area contributed by atoms with Crippen molar-refractivity contribution in [3.8, 4) is 6.07 Å². The summed E-state index contributed by atoms with van der Waals surface area (Å²) in [6.45, 7) is 0. The predicted molar refractivity (Wildman–Crippen MR) is 63.4 cm³/mol. The van der Waals surface area contributed by atoms with E-state index in [4.69, 9.17) is 10.4 Å². The number of carboxylic acid groups (broad SMARTS) is 1. The Morgan fingerprint density at radius 3 is 2.84 bits per heavy atom. The van der Waals surface area contributed by atoms with E-state index in [0.29, 0.717) is 0 Å². The lowest BCUT2D eigenvalue weighted by molar-refractivity contribution is -0.384. The van der Waals surface area contributed by atoms with Gasteiger partial charge in [0, 0.05) is 12.3 Å². The first-order valence-electron chi connectivity index (χ1n) is 5.57. The van der Waals surface area contributed by atoms with Crippen LogP contribution in [0.15, 0.2) is 12.3 Å². The average Bonchev–Trinajstić information content (AvgIpc) is 3.19. The minimum atomic E-state index is -1.07. The first-order chi connectivity index (χ1) is 9.02. The zero-order valence-corrected chi connectivity index (χ0v) is 9.74. The van der Waals surface area contributed by atoms with Gasteiger partial charge in [-0.05, 0) is 18.8 Å². The van der Waals surface area contributed by atoms with Crippen molar-refractivity contribution in [3.05, 3.63) is 27.9 Å². The van der Waals surface area contributed by atoms with Gasteiger partial charge in [0.05, 0.1) is 10.5 Å². The quantitative estimate of drug-likeness (QED) is 0.601. The molecule has 1 saturated carbocycles. The van der Waals surface area contributed by atoms with Gasteiger partial charge in [0.2, 0.25) is 5.82 Å². The van der Waals surface area contributed by atoms with Gasteiger partial charge in [-0.1, -0.05) is 0 Å². The molecule has 1 atom stereocenters. The molecule has 1 aliphatic rings. The molecular weight excluding hydrogens is 252 g/mol. The van der Waals surface area contributed by atoms with E-state index in [9.17, 15) is 14.9 Å². The molecule has 0 bridgehead atoms. The highest BCUT2D eigenvalue weighted by Crippen LogP contribution is 2.35. The SMILES string of the molecule is N#Cc1cnc(NC(C(=O)O)C2CC2)c([N+](=O)[O-])c1. The largest absolute Gasteiger partial charge is 0.480 e. The number of rotatable bonds is 5. The zero-order chi connectivity index (χ0) is 14.0. The van der Waals surface area contributed by atoms with E-state index >= 15 is 0 Å². The fourth-order valence-electron chi connectivity index (χ4n) is 1.72. The maximum Gasteiger partial charge on any atom is 0.326 e. The molecule has 0 aromatic carbocycles. The number of carboxylic acids is 1. The highest BCUT2D eigenvalue weighted by Gasteiger charge is 2.37. The topological polar surface area (TPSA) is 129 Å². The molecule has 19 heavy (non-hydrogen) atoms. The van der Waals surface area contributed by atoms with E-state index in [1.807, 2.05) is 0 Å². The minimum Gasteiger partial charge on any atom is -0.480 e. The number of aliphatic carboxylic acids is 1. The molecule has 1 aromatic rings. The summed E-state index contributed by atoms with van der Waals surface area (Å²) in [5.74, 6) is -1.22. The van der Waals surface area contributed by atoms with Crippen LogP contribution in [0.2, 0.25) is 0 Å². The molecule has 0 spiro atoms. The summed E-state index contributed by atoms with van der Waals surface area (Å²) < 4.78 is 0. The Bertz CT molecular complexity index is 577. The molecule has 1 fully saturated rings. The Balaban J connectivity index is 2.31. The molecule has 0 aliphatic heterocycles. The number of anilines is 1. The van der Waals surface area contributed by atoms with Gasteiger partial charge in [0.25, 0.3) is 0 Å². The lowest BCUT2D eigenvalue weighted by atomic mass is 10.2. The van der Waals surface area contributed by atoms with Crippen molar-refractivity contribution in [2.24, 2.45) is 5.92 Å². The van der Waals surface area contributed by atoms with Gasteiger partial charge in [-0.25, -0.2) is 9.78 Å². The molecule has 0 radical (unpaired) electrons. The molecule has 1 unspecified atom stereocenters. The normalized spacial score (nSPS) is 15.3. The van der Waals surface area contributed by atoms with Gasteiger partial charge in [-0.15, -0.1) is 0 Å². The highest BCUT2D eigenvalue weighted by atomic mass is 16.6. The molecule has 1 heterocycles. The highest BCUT2D eigenvalue weighted by molar-refractivity contribution is 5.79. The van der Waals surface area contributed by atoms with Gasteiger partial charge in [0.1, 0.15) is 12.1 Å². The fourth-order valence-corrected chi connectivity index (χ4v) is 1.72. The summed E-state index contributed by atoms with van der Waals surface area (Å²) >= 11 is 0. The third kappa shape index (κ3) is 2.77. The van der Waals surface area contributed by atoms with Crippen LogP contribution in [0.1, 0.15) is 18.4 Å². The smallest absolute Gasteiger partial charge is 0.326 e. The third-order valence-electron chi connectivity index (χ3n) is 2.85. The van der Waals surface area contributed by atoms with Crippen molar-refractivity contribution in [2.45, 2.75) is 18.9 Å². The molecule has 1 aliphatic carbocycles. The summed E-state index contributed by atoms with van der Waals surface area (Å²) in [6, 6.07) is 1.93. The average molecular weight is 262 g/mol. The van der Waals surface area contributed by atoms with Crippen LogP contribution in [0.3, 0.4) is 0 Å². The van der Waals surface area contributed by atoms with Gasteiger partial charge < -0.3 is 10.4 Å². The monoisotopic (exact) mass is 262 g/mol. The molecule has 2 rings (SSSR count). The Kier molecular flexibility index (Phi) is 3.29. The van der Waals surface area contributed by atoms with Crippen LogP contribution in [-0.2, 0) is 4.79 Å². The summed E-state index contributed by atoms with van der Waals surface area (Å²) in [4.78, 5) is 25.0. The molecule has 98 valence electrons. The van der Waals surface area contributed by atoms with E-state index < -0.39 is 22.6 Å². The van der Waals surface area contributed by atoms with Crippen molar-refractivity contribution >= 4 is 17.5 Å². The number of nitriles is 1. The molecule has 8 heteroatoms. The second kappa shape index (κ2) is 4.89. The predicted octanol–water partition coefficient (Wildman–Crippen LogP) is 1.14. The Morgan fingerprint density at radius 2 is 2.37 bits per heavy atom. The molecule has 0 saturated heterocycles. The number of hydrogen-bond acceptors (Lipinski definition) is 6. The summed E-state index contributed by atoms with van der Waals surface area (Å²) in [7, 11) is 0. The standard InChI is InChI=1S/C11H10N4O4/c12-4-6-3-8(15(18)19)10(13-5-6)14-9(11(16)17)7-1-2-7/h3,5,7,9H,1-2H2,(H,13,14)(H,16,17). The number of pyridine rings is 1. The van der Waals surface area contributed by atoms with Crippen LogP contribution in [-0.4, -0.2) is 27.0 Å². The lowest BCUT2D eigenvalue weighted by Crippen LogP contribution is -2.32. The van der Waals surface area contributed by atoms with Crippen LogP contribution in [0.4, 0.5) is 11.5 Å². The number of hydrogen-bond donors (Lipinski definition) is 2. The van der Waals surface area contributed by atoms with E-state index in [0.717, 1.165) is 18.9 Å². The van der Waals surface area contributed by atoms with Gasteiger partial charge in [-0.2, -0.15) is 5.26 Å². The molecular formula is C11H10N4O4. The van der Waals surface area contributed by atoms with Gasteiger partial charge in [0.15, 0.2) is 0 Å². The maximum absolute atomic E-state index is 11.1. The first-order valence-corrected chi connectivity index (χ1v) is 5.57. The van der Waals surface area contributed by atoms with E-state index in [-0.39, 0.29) is 17.3 Å². The van der Waals surface area contributed by atoms with Crippen LogP contribution in [0.25, 0.3) is 0 Å². The van der Waals surface area contributed by atoms with Crippen molar-refractivity contribution < 1.29 is 14.8 Å². The molecule has 8 nitrogen and oxygen atoms in total. The Labute approximate surface area is 107 Å². The molecule has 1 aromatic heterocycles. The summed E-state index contributed by atoms with van der Waals surface area (Å²) in [5, 5.41) is 31.2. The van der Waals surface area contributed by atoms with Crippen molar-refractivity contribution in [1.82, 2.24) is 4.98 Å². The van der Waals surface area contributed by atoms with Crippen molar-refractivity contribution in [3.63, 3.8) is 0 Å². The fraction of sp³-hybridized carbons (Fsp3) is 0.364. The molecule has 0 amide bonds. The maximum atomic E-state index is 11.1. The first kappa shape index (κ1) is 12.8. The lowest BCUT2D eigenvalue weighted by Gasteiger charge is -2.13. The van der Waals surface area contributed by atoms with Crippen molar-refractivity contribution in [2.75, 3.05) is 5.32 Å². The zero-order valence-electron chi connectivity index (χ0n) is 9.74. The van der Waals surface area contributed by atoms with Gasteiger partial charge >= 0.3 is 11.7 Å². The van der Waals surface area contributed by atoms with Crippen LogP contribution in [0, 0.1) is 27.4 Å². The summed E-state index contributed by atoms with van der Waals surface area (Å²) in [6.07, 6.45) is 2.71. The van der Waals surface area contributed by atoms with E-state index in [2.05, 4.69) is 10.3 Å². The number of nitrogens with zero attached hydrogens (tertiary/aromatic N) is 3. The van der Waals surface area contributed by atoms with Crippen LogP contribution < -0.4 is 5.32 Å². The second-order valence-corrected chi connectivity index (χ2v) is 4.26. The van der Waals surface area contributed by atoms with Crippen LogP contribution in [0.5, 0.6) is 0 Å². The third-order valence-corrected chi connectivity index (χ3v) is 2.85.